The van der Waals surface area contributed by atoms with Gasteiger partial charge in [-0.05, 0) is 65.1 Å². The number of hydrogen-bond donors (Lipinski definition) is 0. The first-order valence-electron chi connectivity index (χ1n) is 12.5. The molecule has 1 fully saturated rings. The van der Waals surface area contributed by atoms with E-state index in [9.17, 15) is 0 Å². The van der Waals surface area contributed by atoms with E-state index in [-0.39, 0.29) is 0 Å². The number of nitrogens with zero attached hydrogens (tertiary/aromatic N) is 6. The number of aromatic nitrogens is 5. The van der Waals surface area contributed by atoms with E-state index in [0.717, 1.165) is 42.0 Å². The Kier molecular flexibility index (Phi) is 6.70. The molecule has 0 atom stereocenters. The summed E-state index contributed by atoms with van der Waals surface area (Å²) in [5, 5.41) is 10.0. The maximum Gasteiger partial charge on any atom is 0.213 e. The highest BCUT2D eigenvalue weighted by Gasteiger charge is 2.26. The maximum atomic E-state index is 5.81. The Labute approximate surface area is 201 Å². The van der Waals surface area contributed by atoms with Gasteiger partial charge in [-0.25, -0.2) is 9.67 Å². The molecular formula is C26H36N6O2. The Balaban J connectivity index is 1.43. The number of hydrogen-bond acceptors (Lipinski definition) is 6. The van der Waals surface area contributed by atoms with E-state index < -0.39 is 0 Å². The summed E-state index contributed by atoms with van der Waals surface area (Å²) in [6, 6.07) is 4.52. The molecule has 0 spiro atoms. The van der Waals surface area contributed by atoms with Crippen molar-refractivity contribution < 1.29 is 9.47 Å². The summed E-state index contributed by atoms with van der Waals surface area (Å²) in [4.78, 5) is 6.97. The van der Waals surface area contributed by atoms with Gasteiger partial charge in [-0.3, -0.25) is 4.68 Å². The largest absolute Gasteiger partial charge is 0.481 e. The summed E-state index contributed by atoms with van der Waals surface area (Å²) < 4.78 is 15.2. The average Bonchev–Trinajstić information content (AvgIpc) is 3.28. The molecule has 0 unspecified atom stereocenters. The van der Waals surface area contributed by atoms with Crippen LogP contribution in [0.5, 0.6) is 5.88 Å². The standard InChI is InChI=1S/C26H36N6O2/c1-18(2)30-11-7-20(8-12-30)16-31-17-23(19(3)28-31)26-22-9-13-34-14-10-24(22)32(29-26)21-5-6-25(33-4)27-15-21/h5-6,15,17-18,20H,7-14,16H2,1-4H3. The second-order valence-electron chi connectivity index (χ2n) is 9.78. The fraction of sp³-hybridized carbons (Fsp3) is 0.577. The number of methoxy groups -OCH3 is 1. The zero-order valence-corrected chi connectivity index (χ0v) is 20.8. The lowest BCUT2D eigenvalue weighted by molar-refractivity contribution is 0.140. The van der Waals surface area contributed by atoms with Crippen molar-refractivity contribution in [3.05, 3.63) is 41.5 Å². The fourth-order valence-corrected chi connectivity index (χ4v) is 5.26. The third-order valence-corrected chi connectivity index (χ3v) is 7.27. The Morgan fingerprint density at radius 1 is 1.12 bits per heavy atom. The lowest BCUT2D eigenvalue weighted by Crippen LogP contribution is -2.39. The van der Waals surface area contributed by atoms with E-state index in [2.05, 4.69) is 41.5 Å². The van der Waals surface area contributed by atoms with Crippen molar-refractivity contribution in [1.29, 1.82) is 0 Å². The monoisotopic (exact) mass is 464 g/mol. The third-order valence-electron chi connectivity index (χ3n) is 7.27. The van der Waals surface area contributed by atoms with E-state index in [1.807, 2.05) is 23.0 Å². The van der Waals surface area contributed by atoms with Crippen LogP contribution in [-0.2, 0) is 24.1 Å². The zero-order chi connectivity index (χ0) is 23.7. The number of piperidine rings is 1. The van der Waals surface area contributed by atoms with Crippen molar-refractivity contribution in [2.75, 3.05) is 33.4 Å². The van der Waals surface area contributed by atoms with Gasteiger partial charge in [0.1, 0.15) is 0 Å². The minimum absolute atomic E-state index is 0.599. The van der Waals surface area contributed by atoms with Crippen molar-refractivity contribution in [3.63, 3.8) is 0 Å². The lowest BCUT2D eigenvalue weighted by Gasteiger charge is -2.34. The van der Waals surface area contributed by atoms with E-state index in [1.165, 1.54) is 37.2 Å². The fourth-order valence-electron chi connectivity index (χ4n) is 5.26. The average molecular weight is 465 g/mol. The van der Waals surface area contributed by atoms with Gasteiger partial charge in [0.05, 0.1) is 49.3 Å². The Hall–Kier alpha value is -2.71. The summed E-state index contributed by atoms with van der Waals surface area (Å²) in [5.41, 5.74) is 6.58. The van der Waals surface area contributed by atoms with Crippen LogP contribution in [0.3, 0.4) is 0 Å². The van der Waals surface area contributed by atoms with Gasteiger partial charge in [0, 0.05) is 42.4 Å². The number of rotatable bonds is 6. The molecule has 0 amide bonds. The first-order chi connectivity index (χ1) is 16.5. The van der Waals surface area contributed by atoms with Gasteiger partial charge in [0.25, 0.3) is 0 Å². The number of ether oxygens (including phenoxy) is 2. The van der Waals surface area contributed by atoms with E-state index in [1.54, 1.807) is 7.11 Å². The van der Waals surface area contributed by atoms with Crippen molar-refractivity contribution >= 4 is 0 Å². The van der Waals surface area contributed by atoms with Crippen LogP contribution in [0.15, 0.2) is 24.5 Å². The van der Waals surface area contributed by atoms with Gasteiger partial charge in [-0.15, -0.1) is 0 Å². The molecule has 3 aromatic heterocycles. The highest BCUT2D eigenvalue weighted by atomic mass is 16.5. The van der Waals surface area contributed by atoms with Crippen LogP contribution in [-0.4, -0.2) is 68.9 Å². The van der Waals surface area contributed by atoms with E-state index in [0.29, 0.717) is 31.1 Å². The van der Waals surface area contributed by atoms with Gasteiger partial charge in [0.2, 0.25) is 5.88 Å². The van der Waals surface area contributed by atoms with Crippen molar-refractivity contribution in [1.82, 2.24) is 29.4 Å². The molecule has 8 nitrogen and oxygen atoms in total. The van der Waals surface area contributed by atoms with Crippen LogP contribution in [0.1, 0.15) is 43.6 Å². The maximum absolute atomic E-state index is 5.81. The molecule has 0 N–H and O–H groups in total. The lowest BCUT2D eigenvalue weighted by atomic mass is 9.96. The first kappa shape index (κ1) is 23.1. The molecule has 34 heavy (non-hydrogen) atoms. The molecular weight excluding hydrogens is 428 g/mol. The molecule has 0 aromatic carbocycles. The van der Waals surface area contributed by atoms with Gasteiger partial charge in [-0.1, -0.05) is 0 Å². The predicted octanol–water partition coefficient (Wildman–Crippen LogP) is 3.68. The molecule has 0 saturated carbocycles. The minimum Gasteiger partial charge on any atom is -0.481 e. The molecule has 3 aromatic rings. The van der Waals surface area contributed by atoms with Crippen LogP contribution < -0.4 is 4.74 Å². The molecule has 8 heteroatoms. The van der Waals surface area contributed by atoms with Crippen LogP contribution >= 0.6 is 0 Å². The Bertz CT molecular complexity index is 1110. The highest BCUT2D eigenvalue weighted by Crippen LogP contribution is 2.32. The van der Waals surface area contributed by atoms with E-state index >= 15 is 0 Å². The van der Waals surface area contributed by atoms with Gasteiger partial charge in [-0.2, -0.15) is 10.2 Å². The number of pyridine rings is 1. The van der Waals surface area contributed by atoms with Gasteiger partial charge >= 0.3 is 0 Å². The topological polar surface area (TPSA) is 70.2 Å². The van der Waals surface area contributed by atoms with Crippen LogP contribution in [0.25, 0.3) is 16.9 Å². The minimum atomic E-state index is 0.599. The molecule has 182 valence electrons. The van der Waals surface area contributed by atoms with Crippen molar-refractivity contribution in [2.24, 2.45) is 5.92 Å². The highest BCUT2D eigenvalue weighted by molar-refractivity contribution is 5.67. The molecule has 0 aliphatic carbocycles. The molecule has 2 aliphatic heterocycles. The third kappa shape index (κ3) is 4.61. The molecule has 5 heterocycles. The normalized spacial score (nSPS) is 17.7. The SMILES string of the molecule is COc1ccc(-n2nc(-c3cn(CC4CCN(C(C)C)CC4)nc3C)c3c2CCOCC3)cn1. The quantitative estimate of drug-likeness (QED) is 0.554. The second-order valence-corrected chi connectivity index (χ2v) is 9.78. The zero-order valence-electron chi connectivity index (χ0n) is 20.8. The number of likely N-dealkylation sites (tertiary alicyclic amines) is 1. The predicted molar refractivity (Wildman–Crippen MR) is 132 cm³/mol. The second kappa shape index (κ2) is 9.88. The summed E-state index contributed by atoms with van der Waals surface area (Å²) in [5.74, 6) is 1.28. The first-order valence-corrected chi connectivity index (χ1v) is 12.5. The summed E-state index contributed by atoms with van der Waals surface area (Å²) in [6.45, 7) is 11.4. The number of aryl methyl sites for hydroxylation is 1. The van der Waals surface area contributed by atoms with Crippen molar-refractivity contribution in [2.45, 2.75) is 59.0 Å². The van der Waals surface area contributed by atoms with Crippen LogP contribution in [0.2, 0.25) is 0 Å². The number of fused-ring (bicyclic) bond motifs is 1. The summed E-state index contributed by atoms with van der Waals surface area (Å²) in [6.07, 6.45) is 8.18. The smallest absolute Gasteiger partial charge is 0.213 e. The Morgan fingerprint density at radius 3 is 2.62 bits per heavy atom. The molecule has 0 bridgehead atoms. The van der Waals surface area contributed by atoms with Gasteiger partial charge < -0.3 is 14.4 Å². The van der Waals surface area contributed by atoms with Crippen LogP contribution in [0.4, 0.5) is 0 Å². The van der Waals surface area contributed by atoms with Crippen LogP contribution in [0, 0.1) is 12.8 Å². The molecule has 2 aliphatic rings. The molecule has 1 saturated heterocycles. The Morgan fingerprint density at radius 2 is 1.91 bits per heavy atom. The summed E-state index contributed by atoms with van der Waals surface area (Å²) >= 11 is 0. The molecule has 0 radical (unpaired) electrons. The summed E-state index contributed by atoms with van der Waals surface area (Å²) in [7, 11) is 1.63. The van der Waals surface area contributed by atoms with Gasteiger partial charge in [0.15, 0.2) is 0 Å². The van der Waals surface area contributed by atoms with Crippen molar-refractivity contribution in [3.8, 4) is 22.8 Å². The van der Waals surface area contributed by atoms with E-state index in [4.69, 9.17) is 19.7 Å². The molecule has 5 rings (SSSR count).